The quantitative estimate of drug-likeness (QED) is 0.172. The minimum Gasteiger partial charge on any atom is -0.309 e. The highest BCUT2D eigenvalue weighted by Gasteiger charge is 2.30. The Labute approximate surface area is 427 Å². The number of nitriles is 1. The van der Waals surface area contributed by atoms with Crippen LogP contribution in [0.25, 0.3) is 121 Å². The topological polar surface area (TPSA) is 82.2 Å². The Morgan fingerprint density at radius 1 is 0.365 bits per heavy atom. The van der Waals surface area contributed by atoms with Crippen LogP contribution in [0.4, 0.5) is 0 Å². The van der Waals surface area contributed by atoms with Crippen molar-refractivity contribution in [3.8, 4) is 40.2 Å². The molecule has 0 aliphatic rings. The lowest BCUT2D eigenvalue weighted by molar-refractivity contribution is 0.497. The minimum atomic E-state index is -0.374. The molecule has 0 atom stereocenters. The number of rotatable bonds is 5. The maximum Gasteiger partial charge on any atom is 0.163 e. The highest BCUT2D eigenvalue weighted by molar-refractivity contribution is 6.28. The Bertz CT molecular complexity index is 4390. The zero-order chi connectivity index (χ0) is 50.2. The van der Waals surface area contributed by atoms with Crippen molar-refractivity contribution in [2.24, 2.45) is 0 Å². The molecule has 8 nitrogen and oxygen atoms in total. The van der Waals surface area contributed by atoms with E-state index in [0.717, 1.165) is 105 Å². The second-order valence-electron chi connectivity index (χ2n) is 21.6. The first-order valence-electron chi connectivity index (χ1n) is 25.4. The molecular formula is C66H50N8. The zero-order valence-electron chi connectivity index (χ0n) is 42.1. The average Bonchev–Trinajstić information content (AvgIpc) is 4.15. The molecule has 0 aliphatic carbocycles. The SMILES string of the molecule is CC(C)(C)c1nc(-c2cc(-n3c4ccccc4c4c3ccc3c5ccccc5n(-c5ccccc5)c34)c(C#N)c(-n3c4ccccc4c4c3ccc3c5ccccc5n(-c5ccccc5)c34)c2)nc(C(C)(C)C)n1. The molecule has 0 saturated carbocycles. The van der Waals surface area contributed by atoms with Crippen molar-refractivity contribution in [3.63, 3.8) is 0 Å². The van der Waals surface area contributed by atoms with E-state index in [4.69, 9.17) is 15.0 Å². The molecule has 0 N–H and O–H groups in total. The third kappa shape index (κ3) is 6.29. The van der Waals surface area contributed by atoms with Gasteiger partial charge in [0.05, 0.1) is 55.5 Å². The summed E-state index contributed by atoms with van der Waals surface area (Å²) in [6.07, 6.45) is 0. The second kappa shape index (κ2) is 15.8. The van der Waals surface area contributed by atoms with Crippen LogP contribution in [0.5, 0.6) is 0 Å². The van der Waals surface area contributed by atoms with Crippen molar-refractivity contribution in [1.29, 1.82) is 5.26 Å². The molecule has 0 saturated heterocycles. The zero-order valence-corrected chi connectivity index (χ0v) is 42.1. The van der Waals surface area contributed by atoms with Gasteiger partial charge >= 0.3 is 0 Å². The largest absolute Gasteiger partial charge is 0.309 e. The first kappa shape index (κ1) is 43.5. The van der Waals surface area contributed by atoms with Crippen molar-refractivity contribution in [3.05, 3.63) is 211 Å². The van der Waals surface area contributed by atoms with Gasteiger partial charge in [0, 0.05) is 70.9 Å². The molecule has 354 valence electrons. The summed E-state index contributed by atoms with van der Waals surface area (Å²) in [6, 6.07) is 71.9. The first-order chi connectivity index (χ1) is 36.0. The molecule has 14 rings (SSSR count). The van der Waals surface area contributed by atoms with Crippen LogP contribution >= 0.6 is 0 Å². The molecule has 0 radical (unpaired) electrons. The minimum absolute atomic E-state index is 0.374. The summed E-state index contributed by atoms with van der Waals surface area (Å²) >= 11 is 0. The van der Waals surface area contributed by atoms with Crippen molar-refractivity contribution in [2.75, 3.05) is 0 Å². The van der Waals surface area contributed by atoms with E-state index in [2.05, 4.69) is 260 Å². The molecule has 5 aromatic heterocycles. The lowest BCUT2D eigenvalue weighted by atomic mass is 9.93. The Morgan fingerprint density at radius 3 is 1.12 bits per heavy atom. The van der Waals surface area contributed by atoms with E-state index in [1.807, 2.05) is 0 Å². The number of fused-ring (bicyclic) bond motifs is 14. The van der Waals surface area contributed by atoms with E-state index >= 15 is 0 Å². The fourth-order valence-corrected chi connectivity index (χ4v) is 11.6. The lowest BCUT2D eigenvalue weighted by Crippen LogP contribution is -2.24. The molecule has 14 aromatic rings. The molecule has 0 bridgehead atoms. The van der Waals surface area contributed by atoms with Crippen molar-refractivity contribution < 1.29 is 0 Å². The molecule has 0 unspecified atom stereocenters. The third-order valence-corrected chi connectivity index (χ3v) is 14.9. The molecule has 5 heterocycles. The lowest BCUT2D eigenvalue weighted by Gasteiger charge is -2.23. The smallest absolute Gasteiger partial charge is 0.163 e. The third-order valence-electron chi connectivity index (χ3n) is 14.9. The Hall–Kier alpha value is -9.32. The predicted octanol–water partition coefficient (Wildman–Crippen LogP) is 16.4. The first-order valence-corrected chi connectivity index (χ1v) is 25.4. The fraction of sp³-hybridized carbons (Fsp3) is 0.121. The number of hydrogen-bond acceptors (Lipinski definition) is 4. The summed E-state index contributed by atoms with van der Waals surface area (Å²) in [5, 5.41) is 21.1. The van der Waals surface area contributed by atoms with Crippen LogP contribution in [-0.4, -0.2) is 33.2 Å². The van der Waals surface area contributed by atoms with Crippen LogP contribution < -0.4 is 0 Å². The number of nitrogens with zero attached hydrogens (tertiary/aromatic N) is 8. The summed E-state index contributed by atoms with van der Waals surface area (Å²) in [7, 11) is 0. The van der Waals surface area contributed by atoms with E-state index in [1.165, 1.54) is 10.8 Å². The predicted molar refractivity (Wildman–Crippen MR) is 305 cm³/mol. The van der Waals surface area contributed by atoms with E-state index in [-0.39, 0.29) is 10.8 Å². The van der Waals surface area contributed by atoms with Crippen LogP contribution in [0.2, 0.25) is 0 Å². The highest BCUT2D eigenvalue weighted by atomic mass is 15.1. The molecule has 0 spiro atoms. The molecule has 9 aromatic carbocycles. The normalized spacial score (nSPS) is 12.4. The number of benzene rings is 9. The second-order valence-corrected chi connectivity index (χ2v) is 21.6. The van der Waals surface area contributed by atoms with Crippen molar-refractivity contribution in [2.45, 2.75) is 52.4 Å². The van der Waals surface area contributed by atoms with E-state index in [9.17, 15) is 5.26 Å². The average molecular weight is 955 g/mol. The summed E-state index contributed by atoms with van der Waals surface area (Å²) < 4.78 is 9.41. The summed E-state index contributed by atoms with van der Waals surface area (Å²) in [5.41, 5.74) is 12.6. The van der Waals surface area contributed by atoms with E-state index in [1.54, 1.807) is 0 Å². The summed E-state index contributed by atoms with van der Waals surface area (Å²) in [5.74, 6) is 1.98. The van der Waals surface area contributed by atoms with Crippen LogP contribution in [0.15, 0.2) is 194 Å². The van der Waals surface area contributed by atoms with Crippen LogP contribution in [0.1, 0.15) is 58.8 Å². The summed E-state index contributed by atoms with van der Waals surface area (Å²) in [6.45, 7) is 12.9. The maximum atomic E-state index is 12.0. The highest BCUT2D eigenvalue weighted by Crippen LogP contribution is 2.46. The van der Waals surface area contributed by atoms with Crippen LogP contribution in [0.3, 0.4) is 0 Å². The standard InChI is InChI=1S/C66H50N8/c1-65(2,3)63-68-62(69-64(70-63)66(4,5)6)40-37-56(73-52-31-19-15-27-47(52)58-54(73)35-33-45-43-25-13-17-29-50(43)71(60(45)58)41-21-9-7-10-22-41)49(39-67)57(38-40)74-53-32-20-16-28-48(53)59-55(74)36-34-46-44-26-14-18-30-51(44)72(61(46)59)42-23-11-8-12-24-42/h7-38H,1-6H3. The Kier molecular flexibility index (Phi) is 9.30. The molecule has 0 fully saturated rings. The molecule has 0 amide bonds. The van der Waals surface area contributed by atoms with E-state index in [0.29, 0.717) is 23.0 Å². The number of hydrogen-bond donors (Lipinski definition) is 0. The van der Waals surface area contributed by atoms with Gasteiger partial charge in [-0.2, -0.15) is 5.26 Å². The monoisotopic (exact) mass is 954 g/mol. The molecule has 74 heavy (non-hydrogen) atoms. The van der Waals surface area contributed by atoms with Crippen molar-refractivity contribution >= 4 is 87.2 Å². The van der Waals surface area contributed by atoms with Gasteiger partial charge < -0.3 is 18.3 Å². The van der Waals surface area contributed by atoms with Gasteiger partial charge in [-0.1, -0.05) is 163 Å². The van der Waals surface area contributed by atoms with Crippen LogP contribution in [0, 0.1) is 11.3 Å². The molecular weight excluding hydrogens is 905 g/mol. The Balaban J connectivity index is 1.16. The summed E-state index contributed by atoms with van der Waals surface area (Å²) in [4.78, 5) is 15.8. The van der Waals surface area contributed by atoms with Gasteiger partial charge in [0.25, 0.3) is 0 Å². The maximum absolute atomic E-state index is 12.0. The van der Waals surface area contributed by atoms with Gasteiger partial charge in [0.2, 0.25) is 0 Å². The van der Waals surface area contributed by atoms with Gasteiger partial charge in [-0.15, -0.1) is 0 Å². The number of para-hydroxylation sites is 6. The van der Waals surface area contributed by atoms with Gasteiger partial charge in [-0.3, -0.25) is 0 Å². The van der Waals surface area contributed by atoms with Crippen LogP contribution in [-0.2, 0) is 10.8 Å². The molecule has 0 aliphatic heterocycles. The fourth-order valence-electron chi connectivity index (χ4n) is 11.6. The van der Waals surface area contributed by atoms with Gasteiger partial charge in [-0.25, -0.2) is 15.0 Å². The van der Waals surface area contributed by atoms with Gasteiger partial charge in [0.15, 0.2) is 5.82 Å². The molecule has 8 heteroatoms. The van der Waals surface area contributed by atoms with Crippen molar-refractivity contribution in [1.82, 2.24) is 33.2 Å². The van der Waals surface area contributed by atoms with Gasteiger partial charge in [0.1, 0.15) is 23.3 Å². The van der Waals surface area contributed by atoms with Gasteiger partial charge in [-0.05, 0) is 72.8 Å². The van der Waals surface area contributed by atoms with E-state index < -0.39 is 0 Å². The Morgan fingerprint density at radius 2 is 0.730 bits per heavy atom. The number of aromatic nitrogens is 7.